The highest BCUT2D eigenvalue weighted by atomic mass is 32.1. The van der Waals surface area contributed by atoms with Crippen LogP contribution in [0.1, 0.15) is 22.2 Å². The number of carbonyl (C=O) groups is 2. The van der Waals surface area contributed by atoms with Gasteiger partial charge in [-0.05, 0) is 36.6 Å². The number of ether oxygens (including phenoxy) is 1. The van der Waals surface area contributed by atoms with Gasteiger partial charge in [-0.2, -0.15) is 5.26 Å². The van der Waals surface area contributed by atoms with Crippen molar-refractivity contribution in [1.29, 1.82) is 5.26 Å². The molecule has 0 aliphatic heterocycles. The van der Waals surface area contributed by atoms with Gasteiger partial charge in [0.2, 0.25) is 0 Å². The number of hydrogen-bond donors (Lipinski definition) is 1. The summed E-state index contributed by atoms with van der Waals surface area (Å²) in [5.74, 6) is -0.978. The van der Waals surface area contributed by atoms with Crippen LogP contribution in [0.25, 0.3) is 0 Å². The van der Waals surface area contributed by atoms with E-state index in [1.54, 1.807) is 41.8 Å². The molecule has 106 valence electrons. The number of nitrogens with zero attached hydrogens (tertiary/aromatic N) is 1. The summed E-state index contributed by atoms with van der Waals surface area (Å²) < 4.78 is 5.08. The Morgan fingerprint density at radius 1 is 1.33 bits per heavy atom. The third-order valence-electron chi connectivity index (χ3n) is 2.63. The van der Waals surface area contributed by atoms with Crippen molar-refractivity contribution in [3.05, 3.63) is 52.2 Å². The summed E-state index contributed by atoms with van der Waals surface area (Å²) in [6, 6.07) is 11.9. The summed E-state index contributed by atoms with van der Waals surface area (Å²) in [5, 5.41) is 13.2. The Labute approximate surface area is 125 Å². The lowest BCUT2D eigenvalue weighted by molar-refractivity contribution is -0.123. The number of esters is 1. The lowest BCUT2D eigenvalue weighted by Gasteiger charge is -2.13. The standard InChI is InChI=1S/C15H12N2O3S/c1-10(20-15(19)13-6-3-7-21-13)14(18)17-12-5-2-4-11(8-12)9-16/h2-8,10H,1H3,(H,17,18)/t10-/m0/s1. The molecule has 0 fully saturated rings. The lowest BCUT2D eigenvalue weighted by atomic mass is 10.2. The molecule has 5 nitrogen and oxygen atoms in total. The van der Waals surface area contributed by atoms with Gasteiger partial charge in [0.05, 0.1) is 11.6 Å². The summed E-state index contributed by atoms with van der Waals surface area (Å²) in [5.41, 5.74) is 0.925. The fraction of sp³-hybridized carbons (Fsp3) is 0.133. The summed E-state index contributed by atoms with van der Waals surface area (Å²) in [7, 11) is 0. The van der Waals surface area contributed by atoms with Crippen molar-refractivity contribution in [2.75, 3.05) is 5.32 Å². The molecule has 2 aromatic rings. The van der Waals surface area contributed by atoms with Crippen molar-refractivity contribution in [2.24, 2.45) is 0 Å². The van der Waals surface area contributed by atoms with Crippen LogP contribution in [0.3, 0.4) is 0 Å². The number of nitrogens with one attached hydrogen (secondary N) is 1. The molecule has 1 atom stereocenters. The van der Waals surface area contributed by atoms with Crippen molar-refractivity contribution in [2.45, 2.75) is 13.0 Å². The highest BCUT2D eigenvalue weighted by Gasteiger charge is 2.19. The number of benzene rings is 1. The molecule has 0 saturated heterocycles. The lowest BCUT2D eigenvalue weighted by Crippen LogP contribution is -2.29. The first-order chi connectivity index (χ1) is 10.1. The van der Waals surface area contributed by atoms with E-state index in [-0.39, 0.29) is 0 Å². The van der Waals surface area contributed by atoms with Crippen LogP contribution >= 0.6 is 11.3 Å². The van der Waals surface area contributed by atoms with Gasteiger partial charge in [-0.1, -0.05) is 12.1 Å². The molecule has 6 heteroatoms. The largest absolute Gasteiger partial charge is 0.448 e. The van der Waals surface area contributed by atoms with Crippen LogP contribution in [0.5, 0.6) is 0 Å². The summed E-state index contributed by atoms with van der Waals surface area (Å²) in [6.07, 6.45) is -0.926. The fourth-order valence-electron chi connectivity index (χ4n) is 1.58. The molecule has 1 aromatic heterocycles. The maximum Gasteiger partial charge on any atom is 0.349 e. The van der Waals surface area contributed by atoms with Gasteiger partial charge >= 0.3 is 5.97 Å². The zero-order valence-corrected chi connectivity index (χ0v) is 12.0. The monoisotopic (exact) mass is 300 g/mol. The van der Waals surface area contributed by atoms with Gasteiger partial charge in [0.15, 0.2) is 6.10 Å². The van der Waals surface area contributed by atoms with Crippen LogP contribution in [0.15, 0.2) is 41.8 Å². The van der Waals surface area contributed by atoms with Crippen LogP contribution in [-0.2, 0) is 9.53 Å². The average Bonchev–Trinajstić information content (AvgIpc) is 3.01. The number of anilines is 1. The molecule has 1 heterocycles. The third-order valence-corrected chi connectivity index (χ3v) is 3.48. The Morgan fingerprint density at radius 3 is 2.81 bits per heavy atom. The molecule has 0 saturated carbocycles. The zero-order valence-electron chi connectivity index (χ0n) is 11.2. The molecule has 2 rings (SSSR count). The van der Waals surface area contributed by atoms with E-state index < -0.39 is 18.0 Å². The smallest absolute Gasteiger partial charge is 0.349 e. The van der Waals surface area contributed by atoms with Gasteiger partial charge in [-0.25, -0.2) is 4.79 Å². The number of carbonyl (C=O) groups excluding carboxylic acids is 2. The van der Waals surface area contributed by atoms with Gasteiger partial charge in [-0.3, -0.25) is 4.79 Å². The van der Waals surface area contributed by atoms with E-state index in [2.05, 4.69) is 5.32 Å². The minimum absolute atomic E-state index is 0.441. The van der Waals surface area contributed by atoms with Gasteiger partial charge in [0.25, 0.3) is 5.91 Å². The molecule has 0 radical (unpaired) electrons. The topological polar surface area (TPSA) is 79.2 Å². The predicted molar refractivity (Wildman–Crippen MR) is 79.0 cm³/mol. The summed E-state index contributed by atoms with van der Waals surface area (Å²) in [6.45, 7) is 1.50. The maximum absolute atomic E-state index is 11.9. The SMILES string of the molecule is C[C@H](OC(=O)c1cccs1)C(=O)Nc1cccc(C#N)c1. The van der Waals surface area contributed by atoms with E-state index in [9.17, 15) is 9.59 Å². The second-order valence-electron chi connectivity index (χ2n) is 4.21. The highest BCUT2D eigenvalue weighted by Crippen LogP contribution is 2.13. The minimum atomic E-state index is -0.926. The Balaban J connectivity index is 1.96. The Hall–Kier alpha value is -2.65. The second kappa shape index (κ2) is 6.68. The first-order valence-corrected chi connectivity index (χ1v) is 7.03. The fourth-order valence-corrected chi connectivity index (χ4v) is 2.18. The Morgan fingerprint density at radius 2 is 2.14 bits per heavy atom. The molecule has 21 heavy (non-hydrogen) atoms. The maximum atomic E-state index is 11.9. The van der Waals surface area contributed by atoms with Crippen LogP contribution in [0, 0.1) is 11.3 Å². The van der Waals surface area contributed by atoms with E-state index in [0.29, 0.717) is 16.1 Å². The quantitative estimate of drug-likeness (QED) is 0.881. The number of thiophene rings is 1. The van der Waals surface area contributed by atoms with Gasteiger partial charge < -0.3 is 10.1 Å². The van der Waals surface area contributed by atoms with E-state index in [4.69, 9.17) is 10.00 Å². The normalized spacial score (nSPS) is 11.2. The van der Waals surface area contributed by atoms with Crippen molar-refractivity contribution < 1.29 is 14.3 Å². The summed E-state index contributed by atoms with van der Waals surface area (Å²) in [4.78, 5) is 24.1. The van der Waals surface area contributed by atoms with Crippen molar-refractivity contribution in [1.82, 2.24) is 0 Å². The van der Waals surface area contributed by atoms with E-state index in [0.717, 1.165) is 0 Å². The minimum Gasteiger partial charge on any atom is -0.448 e. The molecule has 0 unspecified atom stereocenters. The molecule has 1 N–H and O–H groups in total. The third kappa shape index (κ3) is 3.91. The predicted octanol–water partition coefficient (Wildman–Crippen LogP) is 2.80. The van der Waals surface area contributed by atoms with E-state index in [1.807, 2.05) is 6.07 Å². The number of nitriles is 1. The molecule has 0 aliphatic carbocycles. The van der Waals surface area contributed by atoms with Crippen molar-refractivity contribution in [3.63, 3.8) is 0 Å². The second-order valence-corrected chi connectivity index (χ2v) is 5.15. The Kier molecular flexibility index (Phi) is 4.69. The van der Waals surface area contributed by atoms with Crippen LogP contribution in [0.4, 0.5) is 5.69 Å². The van der Waals surface area contributed by atoms with Crippen LogP contribution in [0.2, 0.25) is 0 Å². The number of amides is 1. The van der Waals surface area contributed by atoms with E-state index >= 15 is 0 Å². The molecule has 1 aromatic carbocycles. The molecular weight excluding hydrogens is 288 g/mol. The highest BCUT2D eigenvalue weighted by molar-refractivity contribution is 7.11. The van der Waals surface area contributed by atoms with Gasteiger partial charge in [0.1, 0.15) is 4.88 Å². The molecule has 0 aliphatic rings. The Bertz CT molecular complexity index is 689. The van der Waals surface area contributed by atoms with Crippen LogP contribution in [-0.4, -0.2) is 18.0 Å². The van der Waals surface area contributed by atoms with Gasteiger partial charge in [0, 0.05) is 5.69 Å². The number of rotatable bonds is 4. The molecule has 1 amide bonds. The summed E-state index contributed by atoms with van der Waals surface area (Å²) >= 11 is 1.25. The first-order valence-electron chi connectivity index (χ1n) is 6.15. The van der Waals surface area contributed by atoms with Gasteiger partial charge in [-0.15, -0.1) is 11.3 Å². The van der Waals surface area contributed by atoms with Crippen molar-refractivity contribution in [3.8, 4) is 6.07 Å². The molecule has 0 bridgehead atoms. The van der Waals surface area contributed by atoms with Crippen LogP contribution < -0.4 is 5.32 Å². The zero-order chi connectivity index (χ0) is 15.2. The van der Waals surface area contributed by atoms with Crippen molar-refractivity contribution >= 4 is 28.9 Å². The molecular formula is C15H12N2O3S. The average molecular weight is 300 g/mol. The first kappa shape index (κ1) is 14.8. The number of hydrogen-bond acceptors (Lipinski definition) is 5. The molecule has 0 spiro atoms. The van der Waals surface area contributed by atoms with E-state index in [1.165, 1.54) is 18.3 Å².